The molecule has 0 aliphatic heterocycles. The average molecular weight is 343 g/mol. The summed E-state index contributed by atoms with van der Waals surface area (Å²) >= 11 is 0. The Morgan fingerprint density at radius 1 is 0.923 bits per heavy atom. The van der Waals surface area contributed by atoms with Gasteiger partial charge in [0.15, 0.2) is 0 Å². The smallest absolute Gasteiger partial charge is 0.230 e. The molecular formula is C22H21N3O. The Balaban J connectivity index is 1.31. The first-order chi connectivity index (χ1) is 12.8. The van der Waals surface area contributed by atoms with E-state index in [4.69, 9.17) is 0 Å². The normalized spacial score (nSPS) is 15.4. The van der Waals surface area contributed by atoms with Gasteiger partial charge in [0.1, 0.15) is 0 Å². The summed E-state index contributed by atoms with van der Waals surface area (Å²) < 4.78 is 0. The Morgan fingerprint density at radius 3 is 2.35 bits per heavy atom. The molecule has 130 valence electrons. The standard InChI is InChI=1S/C22H21N3O/c26-21(23-12-9-15-13-24-19-7-3-1-5-16(15)19)22(10-11-22)18-14-25-20-8-4-2-6-17(18)20/h1-8,13-14,24-25H,9-12H2,(H,23,26). The molecule has 0 unspecified atom stereocenters. The van der Waals surface area contributed by atoms with Gasteiger partial charge in [-0.3, -0.25) is 4.79 Å². The number of amides is 1. The van der Waals surface area contributed by atoms with Gasteiger partial charge in [0.05, 0.1) is 5.41 Å². The minimum Gasteiger partial charge on any atom is -0.361 e. The van der Waals surface area contributed by atoms with E-state index in [0.717, 1.165) is 41.2 Å². The van der Waals surface area contributed by atoms with Gasteiger partial charge >= 0.3 is 0 Å². The Morgan fingerprint density at radius 2 is 1.58 bits per heavy atom. The van der Waals surface area contributed by atoms with Crippen LogP contribution in [0.5, 0.6) is 0 Å². The molecule has 1 amide bonds. The van der Waals surface area contributed by atoms with Crippen molar-refractivity contribution < 1.29 is 4.79 Å². The molecule has 0 atom stereocenters. The monoisotopic (exact) mass is 343 g/mol. The largest absolute Gasteiger partial charge is 0.361 e. The fourth-order valence-electron chi connectivity index (χ4n) is 4.03. The van der Waals surface area contributed by atoms with Gasteiger partial charge in [-0.25, -0.2) is 0 Å². The van der Waals surface area contributed by atoms with Gasteiger partial charge in [0.2, 0.25) is 5.91 Å². The third kappa shape index (κ3) is 2.33. The van der Waals surface area contributed by atoms with E-state index in [0.29, 0.717) is 6.54 Å². The Labute approximate surface area is 151 Å². The first kappa shape index (κ1) is 15.3. The minimum absolute atomic E-state index is 0.155. The number of nitrogens with one attached hydrogen (secondary N) is 3. The molecule has 1 aliphatic rings. The molecule has 0 bridgehead atoms. The zero-order valence-electron chi connectivity index (χ0n) is 14.5. The molecule has 5 rings (SSSR count). The number of hydrogen-bond donors (Lipinski definition) is 3. The number of rotatable bonds is 5. The summed E-state index contributed by atoms with van der Waals surface area (Å²) in [6, 6.07) is 16.5. The van der Waals surface area contributed by atoms with Gasteiger partial charge in [-0.15, -0.1) is 0 Å². The number of H-pyrrole nitrogens is 2. The van der Waals surface area contributed by atoms with Crippen LogP contribution < -0.4 is 5.32 Å². The van der Waals surface area contributed by atoms with E-state index in [-0.39, 0.29) is 11.3 Å². The maximum absolute atomic E-state index is 12.9. The van der Waals surface area contributed by atoms with Gasteiger partial charge in [0.25, 0.3) is 0 Å². The molecule has 1 fully saturated rings. The molecule has 2 aromatic carbocycles. The quantitative estimate of drug-likeness (QED) is 0.503. The fraction of sp³-hybridized carbons (Fsp3) is 0.227. The van der Waals surface area contributed by atoms with Crippen LogP contribution in [-0.2, 0) is 16.6 Å². The highest BCUT2D eigenvalue weighted by atomic mass is 16.2. The van der Waals surface area contributed by atoms with E-state index < -0.39 is 0 Å². The summed E-state index contributed by atoms with van der Waals surface area (Å²) in [7, 11) is 0. The zero-order chi connectivity index (χ0) is 17.6. The Hall–Kier alpha value is -3.01. The van der Waals surface area contributed by atoms with Crippen molar-refractivity contribution in [2.75, 3.05) is 6.54 Å². The molecule has 1 saturated carbocycles. The Kier molecular flexibility index (Phi) is 3.38. The van der Waals surface area contributed by atoms with Crippen molar-refractivity contribution in [2.45, 2.75) is 24.7 Å². The summed E-state index contributed by atoms with van der Waals surface area (Å²) in [6.45, 7) is 0.658. The first-order valence-electron chi connectivity index (χ1n) is 9.18. The maximum atomic E-state index is 12.9. The number of para-hydroxylation sites is 2. The highest BCUT2D eigenvalue weighted by Gasteiger charge is 2.52. The molecule has 4 nitrogen and oxygen atoms in total. The van der Waals surface area contributed by atoms with Crippen LogP contribution in [0.2, 0.25) is 0 Å². The summed E-state index contributed by atoms with van der Waals surface area (Å²) in [4.78, 5) is 19.5. The third-order valence-electron chi connectivity index (χ3n) is 5.64. The highest BCUT2D eigenvalue weighted by molar-refractivity contribution is 5.97. The van der Waals surface area contributed by atoms with Crippen molar-refractivity contribution in [3.05, 3.63) is 72.1 Å². The fourth-order valence-corrected chi connectivity index (χ4v) is 4.03. The number of aromatic nitrogens is 2. The predicted molar refractivity (Wildman–Crippen MR) is 104 cm³/mol. The van der Waals surface area contributed by atoms with Gasteiger partial charge < -0.3 is 15.3 Å². The lowest BCUT2D eigenvalue weighted by Gasteiger charge is -2.15. The lowest BCUT2D eigenvalue weighted by molar-refractivity contribution is -0.123. The lowest BCUT2D eigenvalue weighted by atomic mass is 9.94. The number of aromatic amines is 2. The van der Waals surface area contributed by atoms with E-state index >= 15 is 0 Å². The van der Waals surface area contributed by atoms with Crippen molar-refractivity contribution in [3.63, 3.8) is 0 Å². The molecule has 26 heavy (non-hydrogen) atoms. The number of benzene rings is 2. The second kappa shape index (κ2) is 5.77. The van der Waals surface area contributed by atoms with Crippen LogP contribution in [0.25, 0.3) is 21.8 Å². The van der Waals surface area contributed by atoms with Gasteiger partial charge in [-0.05, 0) is 42.5 Å². The van der Waals surface area contributed by atoms with Crippen molar-refractivity contribution in [1.82, 2.24) is 15.3 Å². The molecular weight excluding hydrogens is 322 g/mol. The predicted octanol–water partition coefficient (Wildman–Crippen LogP) is 4.04. The maximum Gasteiger partial charge on any atom is 0.230 e. The topological polar surface area (TPSA) is 60.7 Å². The van der Waals surface area contributed by atoms with Crippen LogP contribution in [0.15, 0.2) is 60.9 Å². The number of fused-ring (bicyclic) bond motifs is 2. The van der Waals surface area contributed by atoms with Crippen LogP contribution in [0.3, 0.4) is 0 Å². The van der Waals surface area contributed by atoms with Gasteiger partial charge in [-0.1, -0.05) is 36.4 Å². The molecule has 2 heterocycles. The van der Waals surface area contributed by atoms with E-state index in [1.54, 1.807) is 0 Å². The van der Waals surface area contributed by atoms with Crippen LogP contribution in [0.4, 0.5) is 0 Å². The van der Waals surface area contributed by atoms with Gasteiger partial charge in [-0.2, -0.15) is 0 Å². The highest BCUT2D eigenvalue weighted by Crippen LogP contribution is 2.50. The van der Waals surface area contributed by atoms with Crippen molar-refractivity contribution in [2.24, 2.45) is 0 Å². The molecule has 2 aromatic heterocycles. The van der Waals surface area contributed by atoms with Crippen LogP contribution >= 0.6 is 0 Å². The molecule has 3 N–H and O–H groups in total. The van der Waals surface area contributed by atoms with Crippen LogP contribution in [0.1, 0.15) is 24.0 Å². The summed E-state index contributed by atoms with van der Waals surface area (Å²) in [5, 5.41) is 5.57. The average Bonchev–Trinajstić information content (AvgIpc) is 3.20. The van der Waals surface area contributed by atoms with Gasteiger partial charge in [0, 0.05) is 40.7 Å². The second-order valence-electron chi connectivity index (χ2n) is 7.20. The summed E-state index contributed by atoms with van der Waals surface area (Å²) in [6.07, 6.45) is 6.74. The minimum atomic E-state index is -0.347. The summed E-state index contributed by atoms with van der Waals surface area (Å²) in [5.41, 5.74) is 4.28. The second-order valence-corrected chi connectivity index (χ2v) is 7.20. The van der Waals surface area contributed by atoms with E-state index in [9.17, 15) is 4.79 Å². The van der Waals surface area contributed by atoms with E-state index in [1.165, 1.54) is 10.9 Å². The van der Waals surface area contributed by atoms with Crippen LogP contribution in [-0.4, -0.2) is 22.4 Å². The molecule has 0 spiro atoms. The Bertz CT molecular complexity index is 1100. The third-order valence-corrected chi connectivity index (χ3v) is 5.64. The molecule has 0 radical (unpaired) electrons. The van der Waals surface area contributed by atoms with Crippen molar-refractivity contribution in [3.8, 4) is 0 Å². The molecule has 4 aromatic rings. The molecule has 0 saturated heterocycles. The number of carbonyl (C=O) groups is 1. The first-order valence-corrected chi connectivity index (χ1v) is 9.18. The molecule has 1 aliphatic carbocycles. The number of carbonyl (C=O) groups excluding carboxylic acids is 1. The van der Waals surface area contributed by atoms with Crippen molar-refractivity contribution >= 4 is 27.7 Å². The molecule has 4 heteroatoms. The SMILES string of the molecule is O=C(NCCc1c[nH]c2ccccc12)C1(c2c[nH]c3ccccc23)CC1. The van der Waals surface area contributed by atoms with Crippen LogP contribution in [0, 0.1) is 0 Å². The lowest BCUT2D eigenvalue weighted by Crippen LogP contribution is -2.35. The zero-order valence-corrected chi connectivity index (χ0v) is 14.5. The van der Waals surface area contributed by atoms with Crippen molar-refractivity contribution in [1.29, 1.82) is 0 Å². The van der Waals surface area contributed by atoms with E-state index in [2.05, 4.69) is 45.6 Å². The number of hydrogen-bond acceptors (Lipinski definition) is 1. The summed E-state index contributed by atoms with van der Waals surface area (Å²) in [5.74, 6) is 0.155. The van der Waals surface area contributed by atoms with E-state index in [1.807, 2.05) is 30.6 Å².